The third-order valence-corrected chi connectivity index (χ3v) is 3.58. The topological polar surface area (TPSA) is 82.6 Å². The number of hydrogen-bond donors (Lipinski definition) is 3. The van der Waals surface area contributed by atoms with Crippen LogP contribution in [0, 0.1) is 6.92 Å². The summed E-state index contributed by atoms with van der Waals surface area (Å²) in [6.07, 6.45) is 0.0255. The number of carbonyl (C=O) groups excluding carboxylic acids is 2. The van der Waals surface area contributed by atoms with Crippen LogP contribution in [0.4, 0.5) is 11.4 Å². The number of aryl methyl sites for hydroxylation is 1. The predicted octanol–water partition coefficient (Wildman–Crippen LogP) is 2.29. The van der Waals surface area contributed by atoms with Gasteiger partial charge < -0.3 is 10.6 Å². The number of guanidine groups is 1. The van der Waals surface area contributed by atoms with Crippen LogP contribution in [-0.4, -0.2) is 23.8 Å². The third-order valence-electron chi connectivity index (χ3n) is 3.58. The zero-order valence-electron chi connectivity index (χ0n) is 13.2. The first kappa shape index (κ1) is 15.7. The van der Waals surface area contributed by atoms with Gasteiger partial charge in [-0.15, -0.1) is 0 Å². The number of nitrogens with zero attached hydrogens (tertiary/aromatic N) is 1. The molecule has 3 rings (SSSR count). The molecule has 2 amide bonds. The molecule has 0 radical (unpaired) electrons. The van der Waals surface area contributed by atoms with Gasteiger partial charge in [0.1, 0.15) is 6.04 Å². The molecule has 6 nitrogen and oxygen atoms in total. The van der Waals surface area contributed by atoms with E-state index >= 15 is 0 Å². The molecule has 24 heavy (non-hydrogen) atoms. The maximum atomic E-state index is 12.4. The van der Waals surface area contributed by atoms with Crippen LogP contribution in [0.1, 0.15) is 12.0 Å². The number of benzene rings is 2. The van der Waals surface area contributed by atoms with Crippen LogP contribution >= 0.6 is 0 Å². The van der Waals surface area contributed by atoms with E-state index in [0.29, 0.717) is 5.69 Å². The van der Waals surface area contributed by atoms with Crippen LogP contribution in [0.3, 0.4) is 0 Å². The van der Waals surface area contributed by atoms with Gasteiger partial charge in [0.05, 0.1) is 6.42 Å². The number of rotatable bonds is 3. The average molecular weight is 322 g/mol. The van der Waals surface area contributed by atoms with E-state index in [1.165, 1.54) is 0 Å². The first-order valence-electron chi connectivity index (χ1n) is 7.67. The van der Waals surface area contributed by atoms with Gasteiger partial charge in [0.25, 0.3) is 0 Å². The number of anilines is 2. The minimum atomic E-state index is -0.758. The van der Waals surface area contributed by atoms with Crippen molar-refractivity contribution in [1.29, 1.82) is 0 Å². The average Bonchev–Trinajstić information content (AvgIpc) is 2.57. The van der Waals surface area contributed by atoms with Crippen molar-refractivity contribution >= 4 is 29.1 Å². The van der Waals surface area contributed by atoms with Gasteiger partial charge in [-0.05, 0) is 31.2 Å². The fourth-order valence-electron chi connectivity index (χ4n) is 2.33. The van der Waals surface area contributed by atoms with Crippen molar-refractivity contribution in [3.8, 4) is 0 Å². The molecular weight excluding hydrogens is 304 g/mol. The molecule has 1 aliphatic rings. The lowest BCUT2D eigenvalue weighted by Crippen LogP contribution is -2.45. The third kappa shape index (κ3) is 3.98. The van der Waals surface area contributed by atoms with Crippen LogP contribution in [0.2, 0.25) is 0 Å². The van der Waals surface area contributed by atoms with E-state index in [1.807, 2.05) is 61.5 Å². The first-order chi connectivity index (χ1) is 11.6. The molecule has 3 N–H and O–H groups in total. The molecule has 6 heteroatoms. The van der Waals surface area contributed by atoms with Crippen LogP contribution in [-0.2, 0) is 9.59 Å². The summed E-state index contributed by atoms with van der Waals surface area (Å²) in [5.74, 6) is -0.268. The van der Waals surface area contributed by atoms with E-state index in [1.54, 1.807) is 0 Å². The summed E-state index contributed by atoms with van der Waals surface area (Å²) >= 11 is 0. The number of aliphatic imine (C=N–C) groups is 1. The summed E-state index contributed by atoms with van der Waals surface area (Å²) in [5.41, 5.74) is 2.58. The van der Waals surface area contributed by atoms with Crippen LogP contribution in [0.5, 0.6) is 0 Å². The minimum absolute atomic E-state index is 0.0255. The predicted molar refractivity (Wildman–Crippen MR) is 93.9 cm³/mol. The molecule has 1 heterocycles. The quantitative estimate of drug-likeness (QED) is 0.811. The molecule has 0 saturated heterocycles. The van der Waals surface area contributed by atoms with Crippen molar-refractivity contribution in [2.75, 3.05) is 10.6 Å². The van der Waals surface area contributed by atoms with Crippen molar-refractivity contribution in [2.24, 2.45) is 4.99 Å². The highest BCUT2D eigenvalue weighted by Gasteiger charge is 2.27. The Labute approximate surface area is 140 Å². The van der Waals surface area contributed by atoms with E-state index in [9.17, 15) is 9.59 Å². The van der Waals surface area contributed by atoms with Gasteiger partial charge in [-0.1, -0.05) is 35.9 Å². The summed E-state index contributed by atoms with van der Waals surface area (Å²) in [4.78, 5) is 28.5. The molecule has 1 aliphatic heterocycles. The summed E-state index contributed by atoms with van der Waals surface area (Å²) in [6, 6.07) is 16.0. The molecule has 0 aliphatic carbocycles. The van der Waals surface area contributed by atoms with Gasteiger partial charge in [-0.25, -0.2) is 4.99 Å². The van der Waals surface area contributed by atoms with Crippen LogP contribution < -0.4 is 16.0 Å². The smallest absolute Gasteiger partial charge is 0.249 e. The maximum absolute atomic E-state index is 12.4. The first-order valence-corrected chi connectivity index (χ1v) is 7.67. The molecule has 122 valence electrons. The van der Waals surface area contributed by atoms with Gasteiger partial charge >= 0.3 is 0 Å². The number of hydrogen-bond acceptors (Lipinski definition) is 4. The summed E-state index contributed by atoms with van der Waals surface area (Å²) in [6.45, 7) is 1.98. The molecule has 1 atom stereocenters. The standard InChI is InChI=1S/C18H18N4O2/c1-12-7-9-14(10-8-12)19-17(24)15-11-16(23)22-18(21-15)20-13-5-3-2-4-6-13/h2-10,15H,11H2,1H3,(H,19,24)(H2,20,21,22,23)/t15-/m0/s1. The van der Waals surface area contributed by atoms with Crippen LogP contribution in [0.15, 0.2) is 59.6 Å². The fraction of sp³-hybridized carbons (Fsp3) is 0.167. The Morgan fingerprint density at radius 1 is 1.08 bits per heavy atom. The molecule has 2 aromatic carbocycles. The Morgan fingerprint density at radius 2 is 1.79 bits per heavy atom. The van der Waals surface area contributed by atoms with Gasteiger partial charge in [-0.2, -0.15) is 0 Å². The van der Waals surface area contributed by atoms with E-state index < -0.39 is 6.04 Å². The highest BCUT2D eigenvalue weighted by atomic mass is 16.2. The molecule has 0 spiro atoms. The molecule has 0 bridgehead atoms. The normalized spacial score (nSPS) is 16.8. The lowest BCUT2D eigenvalue weighted by molar-refractivity contribution is -0.124. The lowest BCUT2D eigenvalue weighted by atomic mass is 10.1. The molecular formula is C18H18N4O2. The minimum Gasteiger partial charge on any atom is -0.326 e. The lowest BCUT2D eigenvalue weighted by Gasteiger charge is -2.21. The molecule has 0 unspecified atom stereocenters. The Morgan fingerprint density at radius 3 is 2.50 bits per heavy atom. The van der Waals surface area contributed by atoms with Gasteiger partial charge in [-0.3, -0.25) is 14.9 Å². The Balaban J connectivity index is 1.71. The monoisotopic (exact) mass is 322 g/mol. The second-order valence-electron chi connectivity index (χ2n) is 5.59. The molecule has 0 fully saturated rings. The largest absolute Gasteiger partial charge is 0.326 e. The van der Waals surface area contributed by atoms with Gasteiger partial charge in [0.2, 0.25) is 17.8 Å². The van der Waals surface area contributed by atoms with Crippen molar-refractivity contribution < 1.29 is 9.59 Å². The summed E-state index contributed by atoms with van der Waals surface area (Å²) in [5, 5.41) is 8.44. The summed E-state index contributed by atoms with van der Waals surface area (Å²) < 4.78 is 0. The SMILES string of the molecule is Cc1ccc(NC(=O)[C@@H]2CC(=O)NC(Nc3ccccc3)=N2)cc1. The molecule has 0 saturated carbocycles. The second kappa shape index (κ2) is 6.95. The van der Waals surface area contributed by atoms with Crippen molar-refractivity contribution in [3.05, 3.63) is 60.2 Å². The van der Waals surface area contributed by atoms with Crippen LogP contribution in [0.25, 0.3) is 0 Å². The molecule has 2 aromatic rings. The Hall–Kier alpha value is -3.15. The zero-order chi connectivity index (χ0) is 16.9. The van der Waals surface area contributed by atoms with E-state index in [-0.39, 0.29) is 24.2 Å². The number of nitrogens with one attached hydrogen (secondary N) is 3. The van der Waals surface area contributed by atoms with Gasteiger partial charge in [0.15, 0.2) is 0 Å². The van der Waals surface area contributed by atoms with Gasteiger partial charge in [0, 0.05) is 11.4 Å². The van der Waals surface area contributed by atoms with E-state index in [2.05, 4.69) is 20.9 Å². The fourth-order valence-corrected chi connectivity index (χ4v) is 2.33. The van der Waals surface area contributed by atoms with Crippen molar-refractivity contribution in [1.82, 2.24) is 5.32 Å². The molecule has 0 aromatic heterocycles. The number of carbonyl (C=O) groups is 2. The highest BCUT2D eigenvalue weighted by Crippen LogP contribution is 2.13. The number of para-hydroxylation sites is 1. The Kier molecular flexibility index (Phi) is 4.56. The maximum Gasteiger partial charge on any atom is 0.249 e. The van der Waals surface area contributed by atoms with Crippen molar-refractivity contribution in [3.63, 3.8) is 0 Å². The number of amides is 2. The van der Waals surface area contributed by atoms with Crippen molar-refractivity contribution in [2.45, 2.75) is 19.4 Å². The highest BCUT2D eigenvalue weighted by molar-refractivity contribution is 6.09. The van der Waals surface area contributed by atoms with E-state index in [0.717, 1.165) is 11.3 Å². The summed E-state index contributed by atoms with van der Waals surface area (Å²) in [7, 11) is 0. The van der Waals surface area contributed by atoms with E-state index in [4.69, 9.17) is 0 Å². The Bertz CT molecular complexity index is 769. The second-order valence-corrected chi connectivity index (χ2v) is 5.59. The zero-order valence-corrected chi connectivity index (χ0v) is 13.2.